The maximum absolute atomic E-state index is 6.15. The van der Waals surface area contributed by atoms with Crippen LogP contribution in [0.2, 0.25) is 10.0 Å². The van der Waals surface area contributed by atoms with E-state index in [4.69, 9.17) is 28.9 Å². The number of hydrogen-bond acceptors (Lipinski definition) is 3. The summed E-state index contributed by atoms with van der Waals surface area (Å²) in [5.74, 6) is 0. The summed E-state index contributed by atoms with van der Waals surface area (Å²) in [7, 11) is 0. The predicted molar refractivity (Wildman–Crippen MR) is 83.2 cm³/mol. The van der Waals surface area contributed by atoms with Crippen molar-refractivity contribution in [2.45, 2.75) is 14.7 Å². The molecule has 0 fully saturated rings. The quantitative estimate of drug-likeness (QED) is 0.602. The number of rotatable bonds is 3. The molecule has 2 aromatic rings. The van der Waals surface area contributed by atoms with Crippen LogP contribution in [0.25, 0.3) is 0 Å². The molecular formula is C13H11Cl2NS2. The normalized spacial score (nSPS) is 10.6. The Balaban J connectivity index is 2.28. The monoisotopic (exact) mass is 315 g/mol. The molecule has 0 unspecified atom stereocenters. The van der Waals surface area contributed by atoms with Gasteiger partial charge in [-0.1, -0.05) is 35.0 Å². The van der Waals surface area contributed by atoms with Gasteiger partial charge in [0.25, 0.3) is 0 Å². The van der Waals surface area contributed by atoms with Crippen LogP contribution in [-0.4, -0.2) is 6.26 Å². The average Bonchev–Trinajstić information content (AvgIpc) is 2.34. The largest absolute Gasteiger partial charge is 0.399 e. The van der Waals surface area contributed by atoms with Gasteiger partial charge >= 0.3 is 0 Å². The van der Waals surface area contributed by atoms with E-state index in [1.807, 2.05) is 0 Å². The van der Waals surface area contributed by atoms with Crippen molar-refractivity contribution in [3.63, 3.8) is 0 Å². The van der Waals surface area contributed by atoms with Gasteiger partial charge in [0.1, 0.15) is 0 Å². The summed E-state index contributed by atoms with van der Waals surface area (Å²) in [4.78, 5) is 3.17. The van der Waals surface area contributed by atoms with Crippen molar-refractivity contribution < 1.29 is 0 Å². The van der Waals surface area contributed by atoms with E-state index in [1.54, 1.807) is 35.7 Å². The molecule has 1 nitrogen and oxygen atoms in total. The Morgan fingerprint density at radius 1 is 0.944 bits per heavy atom. The highest BCUT2D eigenvalue weighted by Gasteiger charge is 2.09. The lowest BCUT2D eigenvalue weighted by Gasteiger charge is -2.08. The van der Waals surface area contributed by atoms with Crippen molar-refractivity contribution in [1.29, 1.82) is 0 Å². The molecule has 0 saturated carbocycles. The first-order chi connectivity index (χ1) is 8.60. The van der Waals surface area contributed by atoms with Gasteiger partial charge in [0, 0.05) is 20.4 Å². The third kappa shape index (κ3) is 3.29. The van der Waals surface area contributed by atoms with Crippen LogP contribution < -0.4 is 5.73 Å². The summed E-state index contributed by atoms with van der Waals surface area (Å²) in [6.45, 7) is 0. The second kappa shape index (κ2) is 6.11. The maximum atomic E-state index is 6.15. The van der Waals surface area contributed by atoms with Crippen molar-refractivity contribution in [1.82, 2.24) is 0 Å². The zero-order chi connectivity index (χ0) is 13.1. The second-order valence-corrected chi connectivity index (χ2v) is 6.37. The van der Waals surface area contributed by atoms with Crippen molar-refractivity contribution in [2.75, 3.05) is 12.0 Å². The molecular weight excluding hydrogens is 305 g/mol. The fraction of sp³-hybridized carbons (Fsp3) is 0.0769. The van der Waals surface area contributed by atoms with Crippen LogP contribution in [0.1, 0.15) is 0 Å². The van der Waals surface area contributed by atoms with Gasteiger partial charge in [0.2, 0.25) is 0 Å². The lowest BCUT2D eigenvalue weighted by molar-refractivity contribution is 1.34. The Morgan fingerprint density at radius 2 is 1.44 bits per heavy atom. The van der Waals surface area contributed by atoms with E-state index in [0.717, 1.165) is 9.79 Å². The summed E-state index contributed by atoms with van der Waals surface area (Å²) in [6.07, 6.45) is 2.05. The van der Waals surface area contributed by atoms with Crippen LogP contribution in [0.4, 0.5) is 5.69 Å². The van der Waals surface area contributed by atoms with E-state index >= 15 is 0 Å². The van der Waals surface area contributed by atoms with Gasteiger partial charge in [-0.05, 0) is 42.7 Å². The molecule has 0 aliphatic carbocycles. The van der Waals surface area contributed by atoms with E-state index in [2.05, 4.69) is 30.5 Å². The Morgan fingerprint density at radius 3 is 1.94 bits per heavy atom. The molecule has 94 valence electrons. The molecule has 18 heavy (non-hydrogen) atoms. The van der Waals surface area contributed by atoms with E-state index in [-0.39, 0.29) is 0 Å². The fourth-order valence-corrected chi connectivity index (χ4v) is 3.40. The smallest absolute Gasteiger partial charge is 0.0581 e. The molecule has 0 atom stereocenters. The Kier molecular flexibility index (Phi) is 4.73. The van der Waals surface area contributed by atoms with Crippen LogP contribution >= 0.6 is 46.7 Å². The predicted octanol–water partition coefficient (Wildman–Crippen LogP) is 5.45. The number of nitrogen functional groups attached to an aromatic ring is 1. The molecule has 0 bridgehead atoms. The molecule has 0 radical (unpaired) electrons. The highest BCUT2D eigenvalue weighted by Crippen LogP contribution is 2.40. The van der Waals surface area contributed by atoms with Crippen molar-refractivity contribution in [3.05, 3.63) is 46.4 Å². The zero-order valence-electron chi connectivity index (χ0n) is 9.61. The SMILES string of the molecule is CSc1ccc(Sc2c(Cl)cc(N)cc2Cl)cc1. The molecule has 0 spiro atoms. The van der Waals surface area contributed by atoms with Gasteiger partial charge in [-0.15, -0.1) is 11.8 Å². The molecule has 0 saturated heterocycles. The highest BCUT2D eigenvalue weighted by molar-refractivity contribution is 7.99. The van der Waals surface area contributed by atoms with Crippen molar-refractivity contribution in [3.8, 4) is 0 Å². The van der Waals surface area contributed by atoms with Gasteiger partial charge in [0.15, 0.2) is 0 Å². The summed E-state index contributed by atoms with van der Waals surface area (Å²) < 4.78 is 0. The Labute approximate surface area is 125 Å². The minimum atomic E-state index is 0.576. The Hall–Kier alpha value is -0.480. The standard InChI is InChI=1S/C13H11Cl2NS2/c1-17-9-2-4-10(5-3-9)18-13-11(14)6-8(16)7-12(13)15/h2-7H,16H2,1H3. The van der Waals surface area contributed by atoms with E-state index in [1.165, 1.54) is 4.90 Å². The average molecular weight is 316 g/mol. The molecule has 0 aromatic heterocycles. The number of benzene rings is 2. The second-order valence-electron chi connectivity index (χ2n) is 3.59. The summed E-state index contributed by atoms with van der Waals surface area (Å²) in [5, 5.41) is 1.16. The lowest BCUT2D eigenvalue weighted by Crippen LogP contribution is -1.86. The first-order valence-corrected chi connectivity index (χ1v) is 7.96. The van der Waals surface area contributed by atoms with Crippen LogP contribution in [0.5, 0.6) is 0 Å². The van der Waals surface area contributed by atoms with Crippen molar-refractivity contribution >= 4 is 52.4 Å². The summed E-state index contributed by atoms with van der Waals surface area (Å²) >= 11 is 15.6. The molecule has 0 heterocycles. The minimum absolute atomic E-state index is 0.576. The third-order valence-electron chi connectivity index (χ3n) is 2.30. The van der Waals surface area contributed by atoms with E-state index in [0.29, 0.717) is 15.7 Å². The molecule has 0 amide bonds. The first-order valence-electron chi connectivity index (χ1n) is 5.16. The number of nitrogens with two attached hydrogens (primary N) is 1. The van der Waals surface area contributed by atoms with Gasteiger partial charge in [-0.25, -0.2) is 0 Å². The van der Waals surface area contributed by atoms with E-state index in [9.17, 15) is 0 Å². The number of thioether (sulfide) groups is 1. The first kappa shape index (κ1) is 13.9. The molecule has 2 rings (SSSR count). The fourth-order valence-electron chi connectivity index (χ4n) is 1.44. The van der Waals surface area contributed by atoms with E-state index < -0.39 is 0 Å². The molecule has 5 heteroatoms. The number of halogens is 2. The van der Waals surface area contributed by atoms with Gasteiger partial charge < -0.3 is 5.73 Å². The van der Waals surface area contributed by atoms with Crippen LogP contribution in [0.3, 0.4) is 0 Å². The van der Waals surface area contributed by atoms with Crippen LogP contribution in [0.15, 0.2) is 51.1 Å². The lowest BCUT2D eigenvalue weighted by atomic mass is 10.3. The number of hydrogen-bond donors (Lipinski definition) is 1. The Bertz CT molecular complexity index is 532. The van der Waals surface area contributed by atoms with Gasteiger partial charge in [0.05, 0.1) is 10.0 Å². The summed E-state index contributed by atoms with van der Waals surface area (Å²) in [5.41, 5.74) is 6.25. The van der Waals surface area contributed by atoms with Crippen LogP contribution in [0, 0.1) is 0 Å². The molecule has 0 aliphatic rings. The van der Waals surface area contributed by atoms with Gasteiger partial charge in [-0.3, -0.25) is 0 Å². The minimum Gasteiger partial charge on any atom is -0.399 e. The topological polar surface area (TPSA) is 26.0 Å². The highest BCUT2D eigenvalue weighted by atomic mass is 35.5. The van der Waals surface area contributed by atoms with Crippen molar-refractivity contribution in [2.24, 2.45) is 0 Å². The molecule has 0 aliphatic heterocycles. The van der Waals surface area contributed by atoms with Crippen LogP contribution in [-0.2, 0) is 0 Å². The molecule has 2 N–H and O–H groups in total. The zero-order valence-corrected chi connectivity index (χ0v) is 12.8. The number of anilines is 1. The summed E-state index contributed by atoms with van der Waals surface area (Å²) in [6, 6.07) is 11.7. The maximum Gasteiger partial charge on any atom is 0.0581 e. The van der Waals surface area contributed by atoms with Gasteiger partial charge in [-0.2, -0.15) is 0 Å². The molecule has 2 aromatic carbocycles. The third-order valence-corrected chi connectivity index (χ3v) is 5.02.